The number of carbonyl (C=O) groups excluding carboxylic acids is 1. The minimum atomic E-state index is -0.154. The third kappa shape index (κ3) is 1.52. The van der Waals surface area contributed by atoms with Crippen LogP contribution < -0.4 is 5.32 Å². The van der Waals surface area contributed by atoms with Gasteiger partial charge in [0.05, 0.1) is 5.69 Å². The normalized spacial score (nSPS) is 14.5. The molecule has 1 N–H and O–H groups in total. The molecule has 0 unspecified atom stereocenters. The van der Waals surface area contributed by atoms with E-state index >= 15 is 0 Å². The van der Waals surface area contributed by atoms with Crippen molar-refractivity contribution in [1.29, 1.82) is 0 Å². The van der Waals surface area contributed by atoms with Gasteiger partial charge in [-0.25, -0.2) is 4.79 Å². The summed E-state index contributed by atoms with van der Waals surface area (Å²) in [4.78, 5) is 13.2. The number of hydrogen-bond donors (Lipinski definition) is 1. The molecule has 0 bridgehead atoms. The fraction of sp³-hybridized carbons (Fsp3) is 0.0833. The molecule has 76 valence electrons. The first-order valence-electron chi connectivity index (χ1n) is 4.71. The van der Waals surface area contributed by atoms with Gasteiger partial charge in [-0.15, -0.1) is 6.58 Å². The number of fused-ring (bicyclic) bond motifs is 1. The summed E-state index contributed by atoms with van der Waals surface area (Å²) in [6.07, 6.45) is 1.68. The fourth-order valence-corrected chi connectivity index (χ4v) is 1.62. The van der Waals surface area contributed by atoms with Crippen molar-refractivity contribution < 1.29 is 4.79 Å². The highest BCUT2D eigenvalue weighted by Gasteiger charge is 2.24. The summed E-state index contributed by atoms with van der Waals surface area (Å²) in [5.41, 5.74) is 2.49. The Morgan fingerprint density at radius 3 is 2.87 bits per heavy atom. The summed E-state index contributed by atoms with van der Waals surface area (Å²) >= 11 is 0. The van der Waals surface area contributed by atoms with Crippen LogP contribution in [-0.4, -0.2) is 17.5 Å². The predicted molar refractivity (Wildman–Crippen MR) is 61.4 cm³/mol. The zero-order chi connectivity index (χ0) is 10.8. The number of amides is 2. The first-order chi connectivity index (χ1) is 7.24. The van der Waals surface area contributed by atoms with Crippen LogP contribution in [0.5, 0.6) is 0 Å². The second-order valence-corrected chi connectivity index (χ2v) is 3.32. The van der Waals surface area contributed by atoms with E-state index in [-0.39, 0.29) is 6.03 Å². The van der Waals surface area contributed by atoms with Crippen LogP contribution in [0.2, 0.25) is 0 Å². The number of anilines is 1. The van der Waals surface area contributed by atoms with Crippen molar-refractivity contribution >= 4 is 17.4 Å². The molecule has 2 amide bonds. The third-order valence-corrected chi connectivity index (χ3v) is 2.36. The molecule has 1 aromatic carbocycles. The molecule has 3 nitrogen and oxygen atoms in total. The number of rotatable bonds is 2. The Bertz CT molecular complexity index is 437. The Morgan fingerprint density at radius 1 is 1.40 bits per heavy atom. The number of urea groups is 1. The van der Waals surface area contributed by atoms with E-state index in [9.17, 15) is 4.79 Å². The molecule has 0 aromatic heterocycles. The molecule has 1 aliphatic rings. The summed E-state index contributed by atoms with van der Waals surface area (Å²) < 4.78 is 0. The van der Waals surface area contributed by atoms with Gasteiger partial charge in [-0.3, -0.25) is 4.90 Å². The van der Waals surface area contributed by atoms with Crippen LogP contribution in [0.4, 0.5) is 10.5 Å². The summed E-state index contributed by atoms with van der Waals surface area (Å²) in [5.74, 6) is 0. The van der Waals surface area contributed by atoms with Crippen LogP contribution in [0.1, 0.15) is 5.56 Å². The van der Waals surface area contributed by atoms with Crippen LogP contribution in [0.15, 0.2) is 43.5 Å². The molecule has 0 radical (unpaired) electrons. The highest BCUT2D eigenvalue weighted by Crippen LogP contribution is 2.30. The molecule has 1 aromatic rings. The average Bonchev–Trinajstić information content (AvgIpc) is 2.24. The van der Waals surface area contributed by atoms with Crippen LogP contribution in [0.25, 0.3) is 5.70 Å². The molecule has 3 heteroatoms. The van der Waals surface area contributed by atoms with Crippen LogP contribution in [0.3, 0.4) is 0 Å². The molecule has 2 rings (SSSR count). The molecular formula is C12H12N2O. The van der Waals surface area contributed by atoms with Gasteiger partial charge >= 0.3 is 6.03 Å². The van der Waals surface area contributed by atoms with E-state index in [0.29, 0.717) is 12.2 Å². The molecule has 0 atom stereocenters. The quantitative estimate of drug-likeness (QED) is 0.731. The summed E-state index contributed by atoms with van der Waals surface area (Å²) in [6.45, 7) is 8.01. The van der Waals surface area contributed by atoms with Crippen molar-refractivity contribution in [2.75, 3.05) is 11.9 Å². The molecule has 15 heavy (non-hydrogen) atoms. The van der Waals surface area contributed by atoms with E-state index in [1.54, 1.807) is 11.0 Å². The van der Waals surface area contributed by atoms with E-state index in [1.165, 1.54) is 0 Å². The summed E-state index contributed by atoms with van der Waals surface area (Å²) in [7, 11) is 0. The molecule has 0 spiro atoms. The fourth-order valence-electron chi connectivity index (χ4n) is 1.62. The van der Waals surface area contributed by atoms with Gasteiger partial charge in [0.2, 0.25) is 0 Å². The van der Waals surface area contributed by atoms with Gasteiger partial charge in [-0.1, -0.05) is 30.9 Å². The van der Waals surface area contributed by atoms with Gasteiger partial charge in [-0.05, 0) is 6.07 Å². The number of para-hydroxylation sites is 1. The summed E-state index contributed by atoms with van der Waals surface area (Å²) in [6, 6.07) is 7.46. The van der Waals surface area contributed by atoms with Gasteiger partial charge in [-0.2, -0.15) is 0 Å². The predicted octanol–water partition coefficient (Wildman–Crippen LogP) is 2.69. The van der Waals surface area contributed by atoms with Crippen LogP contribution >= 0.6 is 0 Å². The van der Waals surface area contributed by atoms with E-state index in [4.69, 9.17) is 0 Å². The monoisotopic (exact) mass is 200 g/mol. The van der Waals surface area contributed by atoms with Crippen molar-refractivity contribution in [1.82, 2.24) is 4.90 Å². The summed E-state index contributed by atoms with van der Waals surface area (Å²) in [5, 5.41) is 2.80. The van der Waals surface area contributed by atoms with Crippen molar-refractivity contribution in [3.63, 3.8) is 0 Å². The van der Waals surface area contributed by atoms with Crippen molar-refractivity contribution in [2.24, 2.45) is 0 Å². The van der Waals surface area contributed by atoms with E-state index in [2.05, 4.69) is 18.5 Å². The Hall–Kier alpha value is -2.03. The zero-order valence-electron chi connectivity index (χ0n) is 8.36. The number of benzene rings is 1. The largest absolute Gasteiger partial charge is 0.326 e. The minimum absolute atomic E-state index is 0.154. The highest BCUT2D eigenvalue weighted by atomic mass is 16.2. The maximum Gasteiger partial charge on any atom is 0.326 e. The minimum Gasteiger partial charge on any atom is -0.307 e. The van der Waals surface area contributed by atoms with Crippen LogP contribution in [0, 0.1) is 0 Å². The molecule has 0 saturated carbocycles. The van der Waals surface area contributed by atoms with Gasteiger partial charge in [0.25, 0.3) is 0 Å². The zero-order valence-corrected chi connectivity index (χ0v) is 8.36. The Balaban J connectivity index is 2.42. The number of nitrogens with zero attached hydrogens (tertiary/aromatic N) is 1. The Morgan fingerprint density at radius 2 is 2.13 bits per heavy atom. The van der Waals surface area contributed by atoms with Gasteiger partial charge in [0.15, 0.2) is 0 Å². The molecule has 0 saturated heterocycles. The van der Waals surface area contributed by atoms with E-state index < -0.39 is 0 Å². The molecule has 1 aliphatic heterocycles. The van der Waals surface area contributed by atoms with E-state index in [1.807, 2.05) is 24.3 Å². The molecule has 0 fully saturated rings. The molecular weight excluding hydrogens is 188 g/mol. The number of carbonyl (C=O) groups is 1. The van der Waals surface area contributed by atoms with Crippen molar-refractivity contribution in [2.45, 2.75) is 0 Å². The second kappa shape index (κ2) is 3.61. The van der Waals surface area contributed by atoms with Gasteiger partial charge < -0.3 is 5.32 Å². The third-order valence-electron chi connectivity index (χ3n) is 2.36. The first-order valence-corrected chi connectivity index (χ1v) is 4.71. The smallest absolute Gasteiger partial charge is 0.307 e. The SMILES string of the molecule is C=CCN1C(=C)c2ccccc2NC1=O. The molecule has 1 heterocycles. The lowest BCUT2D eigenvalue weighted by Gasteiger charge is -2.30. The van der Waals surface area contributed by atoms with Gasteiger partial charge in [0.1, 0.15) is 0 Å². The molecule has 0 aliphatic carbocycles. The lowest BCUT2D eigenvalue weighted by molar-refractivity contribution is 0.233. The second-order valence-electron chi connectivity index (χ2n) is 3.32. The lowest BCUT2D eigenvalue weighted by atomic mass is 10.1. The maximum atomic E-state index is 11.7. The Kier molecular flexibility index (Phi) is 2.29. The standard InChI is InChI=1S/C12H12N2O/c1-3-8-14-9(2)10-6-4-5-7-11(10)13-12(14)15/h3-7H,1-2,8H2,(H,13,15). The Labute approximate surface area is 88.7 Å². The average molecular weight is 200 g/mol. The first kappa shape index (κ1) is 9.52. The lowest BCUT2D eigenvalue weighted by Crippen LogP contribution is -2.37. The van der Waals surface area contributed by atoms with E-state index in [0.717, 1.165) is 11.3 Å². The van der Waals surface area contributed by atoms with Crippen molar-refractivity contribution in [3.05, 3.63) is 49.1 Å². The highest BCUT2D eigenvalue weighted by molar-refractivity contribution is 6.02. The maximum absolute atomic E-state index is 11.7. The van der Waals surface area contributed by atoms with Crippen molar-refractivity contribution in [3.8, 4) is 0 Å². The topological polar surface area (TPSA) is 32.3 Å². The number of hydrogen-bond acceptors (Lipinski definition) is 1. The van der Waals surface area contributed by atoms with Gasteiger partial charge in [0, 0.05) is 17.8 Å². The number of nitrogens with one attached hydrogen (secondary N) is 1. The van der Waals surface area contributed by atoms with Crippen LogP contribution in [-0.2, 0) is 0 Å².